The van der Waals surface area contributed by atoms with Crippen LogP contribution in [0.4, 0.5) is 5.69 Å². The fourth-order valence-electron chi connectivity index (χ4n) is 2.67. The van der Waals surface area contributed by atoms with Crippen molar-refractivity contribution in [2.24, 2.45) is 0 Å². The van der Waals surface area contributed by atoms with Crippen LogP contribution in [0.5, 0.6) is 0 Å². The lowest BCUT2D eigenvalue weighted by Gasteiger charge is -2.17. The average Bonchev–Trinajstić information content (AvgIpc) is 2.81. The maximum Gasteiger partial charge on any atom is 0.251 e. The van der Waals surface area contributed by atoms with Gasteiger partial charge in [0.15, 0.2) is 0 Å². The van der Waals surface area contributed by atoms with E-state index in [0.717, 1.165) is 18.4 Å². The molecule has 1 aliphatic heterocycles. The van der Waals surface area contributed by atoms with E-state index >= 15 is 0 Å². The van der Waals surface area contributed by atoms with Crippen LogP contribution in [0.1, 0.15) is 42.6 Å². The molecule has 0 fully saturated rings. The minimum Gasteiger partial charge on any atom is -0.350 e. The van der Waals surface area contributed by atoms with E-state index in [-0.39, 0.29) is 11.9 Å². The van der Waals surface area contributed by atoms with Gasteiger partial charge in [0.1, 0.15) is 0 Å². The molecular formula is C15H22N2O3S. The molecule has 1 atom stereocenters. The van der Waals surface area contributed by atoms with Crippen molar-refractivity contribution in [3.8, 4) is 0 Å². The van der Waals surface area contributed by atoms with Crippen molar-refractivity contribution in [3.05, 3.63) is 29.3 Å². The highest BCUT2D eigenvalue weighted by molar-refractivity contribution is 7.92. The largest absolute Gasteiger partial charge is 0.350 e. The maximum absolute atomic E-state index is 12.2. The van der Waals surface area contributed by atoms with Crippen molar-refractivity contribution in [2.75, 3.05) is 17.1 Å². The second kappa shape index (κ2) is 6.05. The molecule has 0 aromatic heterocycles. The molecule has 21 heavy (non-hydrogen) atoms. The molecule has 0 bridgehead atoms. The van der Waals surface area contributed by atoms with Crippen LogP contribution in [0.3, 0.4) is 0 Å². The Hall–Kier alpha value is -1.56. The summed E-state index contributed by atoms with van der Waals surface area (Å²) in [5.74, 6) is -0.100. The van der Waals surface area contributed by atoms with E-state index in [0.29, 0.717) is 24.2 Å². The summed E-state index contributed by atoms with van der Waals surface area (Å²) in [5.41, 5.74) is 2.19. The summed E-state index contributed by atoms with van der Waals surface area (Å²) >= 11 is 0. The molecule has 0 saturated carbocycles. The quantitative estimate of drug-likeness (QED) is 0.903. The Bertz CT molecular complexity index is 640. The zero-order valence-corrected chi connectivity index (χ0v) is 13.5. The van der Waals surface area contributed by atoms with Gasteiger partial charge in [-0.25, -0.2) is 8.42 Å². The molecule has 6 heteroatoms. The summed E-state index contributed by atoms with van der Waals surface area (Å²) < 4.78 is 24.8. The smallest absolute Gasteiger partial charge is 0.251 e. The SMILES string of the molecule is CCC[C@H](C)NC(=O)c1ccc2c(c1)CCN2S(C)(=O)=O. The number of benzene rings is 1. The Morgan fingerprint density at radius 1 is 1.43 bits per heavy atom. The van der Waals surface area contributed by atoms with Gasteiger partial charge in [0.05, 0.1) is 11.9 Å². The Morgan fingerprint density at radius 3 is 2.76 bits per heavy atom. The van der Waals surface area contributed by atoms with E-state index in [1.807, 2.05) is 6.92 Å². The molecule has 1 aliphatic rings. The van der Waals surface area contributed by atoms with Crippen LogP contribution in [-0.4, -0.2) is 33.2 Å². The molecule has 1 aromatic carbocycles. The Kier molecular flexibility index (Phi) is 4.56. The molecule has 0 spiro atoms. The predicted molar refractivity (Wildman–Crippen MR) is 84.2 cm³/mol. The predicted octanol–water partition coefficient (Wildman–Crippen LogP) is 1.93. The Balaban J connectivity index is 2.18. The first kappa shape index (κ1) is 15.8. The molecule has 0 radical (unpaired) electrons. The number of carbonyl (C=O) groups is 1. The molecule has 1 amide bonds. The van der Waals surface area contributed by atoms with Crippen molar-refractivity contribution in [2.45, 2.75) is 39.2 Å². The molecule has 0 aliphatic carbocycles. The highest BCUT2D eigenvalue weighted by Crippen LogP contribution is 2.30. The van der Waals surface area contributed by atoms with Crippen molar-refractivity contribution in [1.82, 2.24) is 5.32 Å². The summed E-state index contributed by atoms with van der Waals surface area (Å²) in [6.07, 6.45) is 3.82. The Labute approximate surface area is 126 Å². The molecule has 1 N–H and O–H groups in total. The fraction of sp³-hybridized carbons (Fsp3) is 0.533. The van der Waals surface area contributed by atoms with Gasteiger partial charge in [-0.15, -0.1) is 0 Å². The Morgan fingerprint density at radius 2 is 2.14 bits per heavy atom. The number of rotatable bonds is 5. The minimum absolute atomic E-state index is 0.100. The van der Waals surface area contributed by atoms with Crippen LogP contribution in [0, 0.1) is 0 Å². The van der Waals surface area contributed by atoms with Gasteiger partial charge in [0.2, 0.25) is 10.0 Å². The molecular weight excluding hydrogens is 288 g/mol. The van der Waals surface area contributed by atoms with Crippen LogP contribution in [0.25, 0.3) is 0 Å². The van der Waals surface area contributed by atoms with Crippen molar-refractivity contribution < 1.29 is 13.2 Å². The number of nitrogens with one attached hydrogen (secondary N) is 1. The van der Waals surface area contributed by atoms with Crippen molar-refractivity contribution in [1.29, 1.82) is 0 Å². The van der Waals surface area contributed by atoms with Gasteiger partial charge in [0.25, 0.3) is 5.91 Å². The summed E-state index contributed by atoms with van der Waals surface area (Å²) in [6, 6.07) is 5.36. The van der Waals surface area contributed by atoms with E-state index in [9.17, 15) is 13.2 Å². The highest BCUT2D eigenvalue weighted by Gasteiger charge is 2.26. The number of carbonyl (C=O) groups excluding carboxylic acids is 1. The third-order valence-electron chi connectivity index (χ3n) is 3.69. The number of sulfonamides is 1. The number of nitrogens with zero attached hydrogens (tertiary/aromatic N) is 1. The van der Waals surface area contributed by atoms with Gasteiger partial charge in [-0.3, -0.25) is 9.10 Å². The second-order valence-corrected chi connectivity index (χ2v) is 7.50. The first-order chi connectivity index (χ1) is 9.82. The molecule has 1 aromatic rings. The molecule has 116 valence electrons. The van der Waals surface area contributed by atoms with E-state index in [4.69, 9.17) is 0 Å². The van der Waals surface area contributed by atoms with Gasteiger partial charge in [-0.2, -0.15) is 0 Å². The standard InChI is InChI=1S/C15H22N2O3S/c1-4-5-11(2)16-15(18)13-6-7-14-12(10-13)8-9-17(14)21(3,19)20/h6-7,10-11H,4-5,8-9H2,1-3H3,(H,16,18)/t11-/m0/s1. The van der Waals surface area contributed by atoms with Crippen LogP contribution in [0.15, 0.2) is 18.2 Å². The van der Waals surface area contributed by atoms with Gasteiger partial charge in [-0.05, 0) is 43.5 Å². The van der Waals surface area contributed by atoms with Crippen molar-refractivity contribution in [3.63, 3.8) is 0 Å². The average molecular weight is 310 g/mol. The maximum atomic E-state index is 12.2. The van der Waals surface area contributed by atoms with Crippen LogP contribution in [-0.2, 0) is 16.4 Å². The lowest BCUT2D eigenvalue weighted by molar-refractivity contribution is 0.0938. The van der Waals surface area contributed by atoms with Gasteiger partial charge in [0, 0.05) is 18.2 Å². The number of fused-ring (bicyclic) bond motifs is 1. The van der Waals surface area contributed by atoms with Crippen LogP contribution in [0.2, 0.25) is 0 Å². The van der Waals surface area contributed by atoms with E-state index in [1.165, 1.54) is 10.6 Å². The molecule has 1 heterocycles. The monoisotopic (exact) mass is 310 g/mol. The third-order valence-corrected chi connectivity index (χ3v) is 4.87. The van der Waals surface area contributed by atoms with Gasteiger partial charge < -0.3 is 5.32 Å². The molecule has 0 saturated heterocycles. The lowest BCUT2D eigenvalue weighted by Crippen LogP contribution is -2.32. The number of hydrogen-bond donors (Lipinski definition) is 1. The van der Waals surface area contributed by atoms with E-state index in [1.54, 1.807) is 18.2 Å². The van der Waals surface area contributed by atoms with Gasteiger partial charge in [-0.1, -0.05) is 13.3 Å². The lowest BCUT2D eigenvalue weighted by atomic mass is 10.1. The topological polar surface area (TPSA) is 66.5 Å². The highest BCUT2D eigenvalue weighted by atomic mass is 32.2. The number of amides is 1. The van der Waals surface area contributed by atoms with Gasteiger partial charge >= 0.3 is 0 Å². The summed E-state index contributed by atoms with van der Waals surface area (Å²) in [5, 5.41) is 2.96. The summed E-state index contributed by atoms with van der Waals surface area (Å²) in [7, 11) is -3.24. The zero-order valence-electron chi connectivity index (χ0n) is 12.7. The van der Waals surface area contributed by atoms with E-state index in [2.05, 4.69) is 12.2 Å². The normalized spacial score (nSPS) is 15.7. The zero-order chi connectivity index (χ0) is 15.6. The number of hydrogen-bond acceptors (Lipinski definition) is 3. The van der Waals surface area contributed by atoms with E-state index < -0.39 is 10.0 Å². The number of anilines is 1. The summed E-state index contributed by atoms with van der Waals surface area (Å²) in [6.45, 7) is 4.52. The molecule has 5 nitrogen and oxygen atoms in total. The molecule has 2 rings (SSSR count). The van der Waals surface area contributed by atoms with Crippen molar-refractivity contribution >= 4 is 21.6 Å². The first-order valence-electron chi connectivity index (χ1n) is 7.24. The summed E-state index contributed by atoms with van der Waals surface area (Å²) in [4.78, 5) is 12.2. The minimum atomic E-state index is -3.24. The van der Waals surface area contributed by atoms with Crippen LogP contribution >= 0.6 is 0 Å². The fourth-order valence-corrected chi connectivity index (χ4v) is 3.63. The molecule has 0 unspecified atom stereocenters. The third kappa shape index (κ3) is 3.56. The van der Waals surface area contributed by atoms with Crippen LogP contribution < -0.4 is 9.62 Å². The second-order valence-electron chi connectivity index (χ2n) is 5.59. The first-order valence-corrected chi connectivity index (χ1v) is 9.09.